The van der Waals surface area contributed by atoms with E-state index in [2.05, 4.69) is 19.2 Å². The smallest absolute Gasteiger partial charge is 0.0823 e. The Balaban J connectivity index is 2.72. The number of rotatable bonds is 6. The maximum Gasteiger partial charge on any atom is 0.0823 e. The second kappa shape index (κ2) is 7.03. The zero-order chi connectivity index (χ0) is 12.0. The van der Waals surface area contributed by atoms with Crippen LogP contribution in [0.25, 0.3) is 0 Å². The van der Waals surface area contributed by atoms with Crippen LogP contribution in [0.2, 0.25) is 10.0 Å². The number of hydrogen-bond donors (Lipinski definition) is 1. The van der Waals surface area contributed by atoms with Crippen LogP contribution in [0.5, 0.6) is 0 Å². The zero-order valence-electron chi connectivity index (χ0n) is 9.89. The van der Waals surface area contributed by atoms with Crippen LogP contribution in [0.1, 0.15) is 39.5 Å². The van der Waals surface area contributed by atoms with Gasteiger partial charge in [0.1, 0.15) is 0 Å². The molecule has 0 saturated heterocycles. The number of benzene rings is 1. The number of anilines is 1. The highest BCUT2D eigenvalue weighted by molar-refractivity contribution is 6.43. The first-order chi connectivity index (χ1) is 7.69. The van der Waals surface area contributed by atoms with Crippen LogP contribution in [0, 0.1) is 0 Å². The lowest BCUT2D eigenvalue weighted by molar-refractivity contribution is 0.586. The minimum atomic E-state index is 0.492. The van der Waals surface area contributed by atoms with Crippen LogP contribution in [0.4, 0.5) is 5.69 Å². The highest BCUT2D eigenvalue weighted by atomic mass is 35.5. The third-order valence-electron chi connectivity index (χ3n) is 2.59. The van der Waals surface area contributed by atoms with Gasteiger partial charge in [0, 0.05) is 6.04 Å². The first-order valence-corrected chi connectivity index (χ1v) is 6.65. The van der Waals surface area contributed by atoms with Crippen molar-refractivity contribution in [3.63, 3.8) is 0 Å². The SMILES string of the molecule is CCCC(CCC)Nc1cccc(Cl)c1Cl. The van der Waals surface area contributed by atoms with Crippen LogP contribution >= 0.6 is 23.2 Å². The van der Waals surface area contributed by atoms with E-state index in [9.17, 15) is 0 Å². The molecule has 0 heterocycles. The molecule has 1 nitrogen and oxygen atoms in total. The van der Waals surface area contributed by atoms with Crippen LogP contribution < -0.4 is 5.32 Å². The van der Waals surface area contributed by atoms with Gasteiger partial charge in [0.05, 0.1) is 15.7 Å². The van der Waals surface area contributed by atoms with E-state index in [1.807, 2.05) is 18.2 Å². The van der Waals surface area contributed by atoms with Crippen LogP contribution in [0.3, 0.4) is 0 Å². The molecule has 0 aromatic heterocycles. The molecule has 0 aliphatic carbocycles. The van der Waals surface area contributed by atoms with E-state index in [0.717, 1.165) is 18.5 Å². The number of hydrogen-bond acceptors (Lipinski definition) is 1. The Labute approximate surface area is 108 Å². The van der Waals surface area contributed by atoms with Crippen LogP contribution in [0.15, 0.2) is 18.2 Å². The van der Waals surface area contributed by atoms with Gasteiger partial charge in [-0.05, 0) is 25.0 Å². The molecule has 0 spiro atoms. The van der Waals surface area contributed by atoms with Gasteiger partial charge in [0.25, 0.3) is 0 Å². The van der Waals surface area contributed by atoms with Crippen molar-refractivity contribution >= 4 is 28.9 Å². The van der Waals surface area contributed by atoms with Crippen molar-refractivity contribution in [3.05, 3.63) is 28.2 Å². The molecule has 90 valence electrons. The highest BCUT2D eigenvalue weighted by Crippen LogP contribution is 2.30. The van der Waals surface area contributed by atoms with Gasteiger partial charge in [0.2, 0.25) is 0 Å². The minimum absolute atomic E-state index is 0.492. The van der Waals surface area contributed by atoms with Gasteiger partial charge in [-0.25, -0.2) is 0 Å². The third-order valence-corrected chi connectivity index (χ3v) is 3.40. The van der Waals surface area contributed by atoms with Gasteiger partial charge in [0.15, 0.2) is 0 Å². The molecule has 0 aliphatic heterocycles. The Bertz CT molecular complexity index is 320. The summed E-state index contributed by atoms with van der Waals surface area (Å²) in [5.41, 5.74) is 0.945. The molecular formula is C13H19Cl2N. The second-order valence-electron chi connectivity index (χ2n) is 4.02. The predicted molar refractivity (Wildman–Crippen MR) is 73.7 cm³/mol. The fourth-order valence-corrected chi connectivity index (χ4v) is 2.18. The average Bonchev–Trinajstić information content (AvgIpc) is 2.25. The van der Waals surface area contributed by atoms with Crippen molar-refractivity contribution < 1.29 is 0 Å². The van der Waals surface area contributed by atoms with Crippen molar-refractivity contribution in [2.45, 2.75) is 45.6 Å². The van der Waals surface area contributed by atoms with Gasteiger partial charge in [-0.2, -0.15) is 0 Å². The summed E-state index contributed by atoms with van der Waals surface area (Å²) in [5, 5.41) is 4.71. The molecule has 0 aliphatic rings. The van der Waals surface area contributed by atoms with E-state index in [1.54, 1.807) is 0 Å². The summed E-state index contributed by atoms with van der Waals surface area (Å²) < 4.78 is 0. The summed E-state index contributed by atoms with van der Waals surface area (Å²) in [5.74, 6) is 0. The largest absolute Gasteiger partial charge is 0.381 e. The lowest BCUT2D eigenvalue weighted by atomic mass is 10.1. The lowest BCUT2D eigenvalue weighted by Gasteiger charge is -2.19. The molecule has 1 aromatic carbocycles. The van der Waals surface area contributed by atoms with Crippen molar-refractivity contribution in [1.29, 1.82) is 0 Å². The third kappa shape index (κ3) is 3.88. The molecule has 0 saturated carbocycles. The Morgan fingerprint density at radius 1 is 1.12 bits per heavy atom. The molecule has 0 amide bonds. The van der Waals surface area contributed by atoms with E-state index in [-0.39, 0.29) is 0 Å². The highest BCUT2D eigenvalue weighted by Gasteiger charge is 2.10. The summed E-state index contributed by atoms with van der Waals surface area (Å²) >= 11 is 12.1. The monoisotopic (exact) mass is 259 g/mol. The molecule has 16 heavy (non-hydrogen) atoms. The van der Waals surface area contributed by atoms with E-state index in [4.69, 9.17) is 23.2 Å². The van der Waals surface area contributed by atoms with Gasteiger partial charge in [-0.15, -0.1) is 0 Å². The van der Waals surface area contributed by atoms with Crippen molar-refractivity contribution in [1.82, 2.24) is 0 Å². The predicted octanol–water partition coefficient (Wildman–Crippen LogP) is 5.37. The Morgan fingerprint density at radius 2 is 1.75 bits per heavy atom. The molecule has 0 bridgehead atoms. The zero-order valence-corrected chi connectivity index (χ0v) is 11.4. The van der Waals surface area contributed by atoms with E-state index in [1.165, 1.54) is 12.8 Å². The molecule has 0 radical (unpaired) electrons. The summed E-state index contributed by atoms with van der Waals surface area (Å²) in [7, 11) is 0. The molecular weight excluding hydrogens is 241 g/mol. The van der Waals surface area contributed by atoms with E-state index >= 15 is 0 Å². The minimum Gasteiger partial charge on any atom is -0.381 e. The Morgan fingerprint density at radius 3 is 2.31 bits per heavy atom. The number of halogens is 2. The lowest BCUT2D eigenvalue weighted by Crippen LogP contribution is -2.19. The summed E-state index contributed by atoms with van der Waals surface area (Å²) in [6.07, 6.45) is 4.68. The fraction of sp³-hybridized carbons (Fsp3) is 0.538. The molecule has 1 aromatic rings. The maximum atomic E-state index is 6.14. The molecule has 0 fully saturated rings. The summed E-state index contributed by atoms with van der Waals surface area (Å²) in [6.45, 7) is 4.40. The molecule has 1 N–H and O–H groups in total. The first-order valence-electron chi connectivity index (χ1n) is 5.89. The van der Waals surface area contributed by atoms with Crippen molar-refractivity contribution in [2.24, 2.45) is 0 Å². The normalized spacial score (nSPS) is 10.8. The molecule has 3 heteroatoms. The standard InChI is InChI=1S/C13H19Cl2N/c1-3-6-10(7-4-2)16-12-9-5-8-11(14)13(12)15/h5,8-10,16H,3-4,6-7H2,1-2H3. The Hall–Kier alpha value is -0.400. The molecule has 0 atom stereocenters. The van der Waals surface area contributed by atoms with Gasteiger partial charge >= 0.3 is 0 Å². The van der Waals surface area contributed by atoms with Crippen LogP contribution in [-0.2, 0) is 0 Å². The Kier molecular flexibility index (Phi) is 6.00. The maximum absolute atomic E-state index is 6.14. The first kappa shape index (κ1) is 13.7. The average molecular weight is 260 g/mol. The molecule has 0 unspecified atom stereocenters. The van der Waals surface area contributed by atoms with Gasteiger partial charge < -0.3 is 5.32 Å². The quantitative estimate of drug-likeness (QED) is 0.724. The summed E-state index contributed by atoms with van der Waals surface area (Å²) in [4.78, 5) is 0. The van der Waals surface area contributed by atoms with Crippen molar-refractivity contribution in [2.75, 3.05) is 5.32 Å². The topological polar surface area (TPSA) is 12.0 Å². The van der Waals surface area contributed by atoms with Gasteiger partial charge in [-0.3, -0.25) is 0 Å². The van der Waals surface area contributed by atoms with E-state index in [0.29, 0.717) is 16.1 Å². The van der Waals surface area contributed by atoms with Gasteiger partial charge in [-0.1, -0.05) is 56.0 Å². The summed E-state index contributed by atoms with van der Waals surface area (Å²) in [6, 6.07) is 6.20. The van der Waals surface area contributed by atoms with Crippen LogP contribution in [-0.4, -0.2) is 6.04 Å². The van der Waals surface area contributed by atoms with Crippen molar-refractivity contribution in [3.8, 4) is 0 Å². The number of nitrogens with one attached hydrogen (secondary N) is 1. The fourth-order valence-electron chi connectivity index (χ4n) is 1.82. The molecule has 1 rings (SSSR count). The second-order valence-corrected chi connectivity index (χ2v) is 4.81. The van der Waals surface area contributed by atoms with E-state index < -0.39 is 0 Å².